The number of benzene rings is 1. The maximum absolute atomic E-state index is 11.5. The van der Waals surface area contributed by atoms with Crippen molar-refractivity contribution in [2.75, 3.05) is 12.5 Å². The Bertz CT molecular complexity index is 405. The van der Waals surface area contributed by atoms with Crippen LogP contribution in [0.1, 0.15) is 6.42 Å². The van der Waals surface area contributed by atoms with Gasteiger partial charge in [0.15, 0.2) is 0 Å². The fraction of sp³-hybridized carbons (Fsp3) is 0.273. The number of carbonyl (C=O) groups is 2. The van der Waals surface area contributed by atoms with Gasteiger partial charge in [0, 0.05) is 12.7 Å². The molecule has 2 amide bonds. The molecule has 1 aromatic carbocycles. The summed E-state index contributed by atoms with van der Waals surface area (Å²) in [5.74, 6) is -0.356. The molecule has 1 aromatic rings. The van der Waals surface area contributed by atoms with Gasteiger partial charge in [0.1, 0.15) is 6.04 Å². The minimum absolute atomic E-state index is 0.155. The van der Waals surface area contributed by atoms with Crippen molar-refractivity contribution in [1.29, 1.82) is 0 Å². The van der Waals surface area contributed by atoms with Crippen LogP contribution in [0.4, 0.5) is 5.69 Å². The van der Waals surface area contributed by atoms with Gasteiger partial charge >= 0.3 is 0 Å². The third-order valence-corrected chi connectivity index (χ3v) is 2.55. The molecule has 16 heavy (non-hydrogen) atoms. The van der Waals surface area contributed by atoms with E-state index in [4.69, 9.17) is 0 Å². The number of amides is 2. The maximum atomic E-state index is 11.5. The summed E-state index contributed by atoms with van der Waals surface area (Å²) in [7, 11) is 1.49. The Balaban J connectivity index is 1.92. The van der Waals surface area contributed by atoms with E-state index in [1.165, 1.54) is 7.05 Å². The summed E-state index contributed by atoms with van der Waals surface area (Å²) in [6.45, 7) is 0. The Kier molecular flexibility index (Phi) is 2.87. The minimum atomic E-state index is -0.474. The highest BCUT2D eigenvalue weighted by molar-refractivity contribution is 6.05. The molecule has 84 valence electrons. The van der Waals surface area contributed by atoms with Gasteiger partial charge in [-0.1, -0.05) is 18.2 Å². The first-order chi connectivity index (χ1) is 7.68. The third-order valence-electron chi connectivity index (χ3n) is 2.55. The summed E-state index contributed by atoms with van der Waals surface area (Å²) in [6, 6.07) is 8.95. The van der Waals surface area contributed by atoms with Crippen molar-refractivity contribution in [1.82, 2.24) is 10.3 Å². The molecule has 1 fully saturated rings. The van der Waals surface area contributed by atoms with Gasteiger partial charge in [0.25, 0.3) is 0 Å². The van der Waals surface area contributed by atoms with Crippen LogP contribution in [0.3, 0.4) is 0 Å². The number of rotatable bonds is 3. The van der Waals surface area contributed by atoms with Gasteiger partial charge in [-0.2, -0.15) is 0 Å². The first-order valence-corrected chi connectivity index (χ1v) is 5.05. The Labute approximate surface area is 93.4 Å². The second-order valence-corrected chi connectivity index (χ2v) is 3.68. The van der Waals surface area contributed by atoms with Gasteiger partial charge in [0.2, 0.25) is 11.8 Å². The Morgan fingerprint density at radius 2 is 1.94 bits per heavy atom. The number of anilines is 1. The maximum Gasteiger partial charge on any atom is 0.248 e. The molecule has 2 rings (SSSR count). The molecule has 0 aliphatic carbocycles. The van der Waals surface area contributed by atoms with E-state index >= 15 is 0 Å². The van der Waals surface area contributed by atoms with Gasteiger partial charge in [-0.15, -0.1) is 0 Å². The van der Waals surface area contributed by atoms with E-state index in [1.807, 2.05) is 30.3 Å². The van der Waals surface area contributed by atoms with Crippen LogP contribution in [-0.4, -0.2) is 29.8 Å². The van der Waals surface area contributed by atoms with Crippen molar-refractivity contribution in [3.8, 4) is 0 Å². The summed E-state index contributed by atoms with van der Waals surface area (Å²) < 4.78 is 0. The first-order valence-electron chi connectivity index (χ1n) is 5.05. The van der Waals surface area contributed by atoms with Gasteiger partial charge < -0.3 is 5.43 Å². The van der Waals surface area contributed by atoms with Gasteiger partial charge in [-0.25, -0.2) is 5.43 Å². The van der Waals surface area contributed by atoms with Crippen LogP contribution in [0.5, 0.6) is 0 Å². The van der Waals surface area contributed by atoms with E-state index in [0.29, 0.717) is 0 Å². The number of imide groups is 1. The number of likely N-dealkylation sites (N-methyl/N-ethyl adjacent to an activating group) is 1. The van der Waals surface area contributed by atoms with Gasteiger partial charge in [-0.05, 0) is 12.1 Å². The lowest BCUT2D eigenvalue weighted by atomic mass is 10.2. The smallest absolute Gasteiger partial charge is 0.248 e. The highest BCUT2D eigenvalue weighted by Gasteiger charge is 2.35. The van der Waals surface area contributed by atoms with E-state index in [0.717, 1.165) is 10.6 Å². The lowest BCUT2D eigenvalue weighted by Crippen LogP contribution is -2.40. The number of nitrogens with zero attached hydrogens (tertiary/aromatic N) is 1. The lowest BCUT2D eigenvalue weighted by molar-refractivity contribution is -0.137. The second-order valence-electron chi connectivity index (χ2n) is 3.68. The molecule has 1 heterocycles. The predicted octanol–water partition coefficient (Wildman–Crippen LogP) is 0.360. The van der Waals surface area contributed by atoms with Crippen LogP contribution in [0.25, 0.3) is 0 Å². The molecule has 1 aliphatic rings. The zero-order valence-electron chi connectivity index (χ0n) is 8.93. The SMILES string of the molecule is CN1C(=O)CC(NNc2ccccc2)C1=O. The van der Waals surface area contributed by atoms with Crippen molar-refractivity contribution in [2.24, 2.45) is 0 Å². The fourth-order valence-electron chi connectivity index (χ4n) is 1.56. The third kappa shape index (κ3) is 2.04. The fourth-order valence-corrected chi connectivity index (χ4v) is 1.56. The molecule has 5 heteroatoms. The molecular formula is C11H13N3O2. The number of hydrogen-bond donors (Lipinski definition) is 2. The molecule has 0 saturated carbocycles. The average Bonchev–Trinajstić information content (AvgIpc) is 2.56. The van der Waals surface area contributed by atoms with Crippen LogP contribution >= 0.6 is 0 Å². The topological polar surface area (TPSA) is 61.4 Å². The Morgan fingerprint density at radius 3 is 2.50 bits per heavy atom. The van der Waals surface area contributed by atoms with Crippen molar-refractivity contribution in [2.45, 2.75) is 12.5 Å². The largest absolute Gasteiger partial charge is 0.321 e. The molecule has 1 atom stereocenters. The Morgan fingerprint density at radius 1 is 1.25 bits per heavy atom. The monoisotopic (exact) mass is 219 g/mol. The highest BCUT2D eigenvalue weighted by atomic mass is 16.2. The summed E-state index contributed by atoms with van der Waals surface area (Å²) in [6.07, 6.45) is 0.204. The molecule has 0 bridgehead atoms. The number of nitrogens with one attached hydrogen (secondary N) is 2. The standard InChI is InChI=1S/C11H13N3O2/c1-14-10(15)7-9(11(14)16)13-12-8-5-3-2-4-6-8/h2-6,9,12-13H,7H2,1H3. The number of hydrogen-bond acceptors (Lipinski definition) is 4. The molecule has 0 aromatic heterocycles. The molecule has 0 radical (unpaired) electrons. The lowest BCUT2D eigenvalue weighted by Gasteiger charge is -2.12. The normalized spacial score (nSPS) is 20.3. The predicted molar refractivity (Wildman–Crippen MR) is 59.4 cm³/mol. The second kappa shape index (κ2) is 4.32. The molecule has 1 aliphatic heterocycles. The summed E-state index contributed by atoms with van der Waals surface area (Å²) in [5.41, 5.74) is 6.61. The molecule has 0 spiro atoms. The average molecular weight is 219 g/mol. The van der Waals surface area contributed by atoms with Gasteiger partial charge in [0.05, 0.1) is 6.42 Å². The zero-order valence-corrected chi connectivity index (χ0v) is 8.93. The van der Waals surface area contributed by atoms with E-state index in [1.54, 1.807) is 0 Å². The van der Waals surface area contributed by atoms with Crippen molar-refractivity contribution < 1.29 is 9.59 Å². The van der Waals surface area contributed by atoms with Crippen LogP contribution in [0.15, 0.2) is 30.3 Å². The highest BCUT2D eigenvalue weighted by Crippen LogP contribution is 2.11. The van der Waals surface area contributed by atoms with Crippen LogP contribution in [0.2, 0.25) is 0 Å². The van der Waals surface area contributed by atoms with Gasteiger partial charge in [-0.3, -0.25) is 14.5 Å². The summed E-state index contributed by atoms with van der Waals surface area (Å²) in [5, 5.41) is 0. The molecule has 1 saturated heterocycles. The Hall–Kier alpha value is -1.88. The van der Waals surface area contributed by atoms with Crippen molar-refractivity contribution in [3.05, 3.63) is 30.3 Å². The first kappa shape index (κ1) is 10.6. The molecule has 5 nitrogen and oxygen atoms in total. The number of likely N-dealkylation sites (tertiary alicyclic amines) is 1. The van der Waals surface area contributed by atoms with Crippen LogP contribution in [-0.2, 0) is 9.59 Å². The number of para-hydroxylation sites is 1. The van der Waals surface area contributed by atoms with Crippen molar-refractivity contribution >= 4 is 17.5 Å². The zero-order chi connectivity index (χ0) is 11.5. The van der Waals surface area contributed by atoms with Crippen molar-refractivity contribution in [3.63, 3.8) is 0 Å². The van der Waals surface area contributed by atoms with Crippen LogP contribution < -0.4 is 10.9 Å². The minimum Gasteiger partial charge on any atom is -0.321 e. The number of carbonyl (C=O) groups excluding carboxylic acids is 2. The summed E-state index contributed by atoms with van der Waals surface area (Å²) >= 11 is 0. The molecular weight excluding hydrogens is 206 g/mol. The van der Waals surface area contributed by atoms with E-state index in [9.17, 15) is 9.59 Å². The van der Waals surface area contributed by atoms with E-state index < -0.39 is 6.04 Å². The summed E-state index contributed by atoms with van der Waals surface area (Å²) in [4.78, 5) is 23.9. The molecule has 2 N–H and O–H groups in total. The molecule has 1 unspecified atom stereocenters. The van der Waals surface area contributed by atoms with Crippen LogP contribution in [0, 0.1) is 0 Å². The van der Waals surface area contributed by atoms with E-state index in [2.05, 4.69) is 10.9 Å². The van der Waals surface area contributed by atoms with E-state index in [-0.39, 0.29) is 18.2 Å². The quantitative estimate of drug-likeness (QED) is 0.569. The number of hydrazine groups is 1.